The zero-order chi connectivity index (χ0) is 19.9. The molecule has 1 saturated heterocycles. The predicted molar refractivity (Wildman–Crippen MR) is 114 cm³/mol. The maximum absolute atomic E-state index is 13.1. The minimum Gasteiger partial charge on any atom is -0.356 e. The lowest BCUT2D eigenvalue weighted by molar-refractivity contribution is 0.102. The molecule has 1 aliphatic carbocycles. The summed E-state index contributed by atoms with van der Waals surface area (Å²) in [6.45, 7) is 5.90. The van der Waals surface area contributed by atoms with Crippen molar-refractivity contribution >= 4 is 28.2 Å². The molecule has 1 aromatic heterocycles. The number of hydrogen-bond acceptors (Lipinski definition) is 4. The summed E-state index contributed by atoms with van der Waals surface area (Å²) in [5.41, 5.74) is 3.81. The van der Waals surface area contributed by atoms with Gasteiger partial charge in [-0.15, -0.1) is 0 Å². The van der Waals surface area contributed by atoms with Crippen LogP contribution >= 0.6 is 0 Å². The van der Waals surface area contributed by atoms with Crippen LogP contribution in [-0.4, -0.2) is 34.4 Å². The third-order valence-corrected chi connectivity index (χ3v) is 7.11. The molecule has 6 heteroatoms. The number of benzene rings is 1. The fourth-order valence-electron chi connectivity index (χ4n) is 3.92. The molecule has 1 amide bonds. The Hall–Kier alpha value is -2.21. The first kappa shape index (κ1) is 19.1. The van der Waals surface area contributed by atoms with Gasteiger partial charge in [0.1, 0.15) is 5.82 Å². The van der Waals surface area contributed by atoms with E-state index in [9.17, 15) is 9.00 Å². The average Bonchev–Trinajstić information content (AvgIpc) is 3.43. The molecule has 2 aromatic rings. The Labute approximate surface area is 169 Å². The van der Waals surface area contributed by atoms with Crippen molar-refractivity contribution in [2.24, 2.45) is 5.41 Å². The Morgan fingerprint density at radius 1 is 1.14 bits per heavy atom. The summed E-state index contributed by atoms with van der Waals surface area (Å²) in [6.07, 6.45) is 6.71. The van der Waals surface area contributed by atoms with Gasteiger partial charge in [-0.2, -0.15) is 0 Å². The number of aryl methyl sites for hydroxylation is 2. The van der Waals surface area contributed by atoms with Gasteiger partial charge in [0.05, 0.1) is 5.56 Å². The van der Waals surface area contributed by atoms with Gasteiger partial charge in [0, 0.05) is 46.4 Å². The third-order valence-electron chi connectivity index (χ3n) is 6.20. The highest BCUT2D eigenvalue weighted by molar-refractivity contribution is 7.84. The second-order valence-corrected chi connectivity index (χ2v) is 9.56. The summed E-state index contributed by atoms with van der Waals surface area (Å²) in [5, 5.41) is 2.97. The molecule has 1 aliphatic heterocycles. The van der Waals surface area contributed by atoms with Gasteiger partial charge >= 0.3 is 0 Å². The first-order valence-corrected chi connectivity index (χ1v) is 11.4. The molecule has 1 spiro atoms. The fourth-order valence-corrected chi connectivity index (χ4v) is 4.48. The molecular weight excluding hydrogens is 370 g/mol. The summed E-state index contributed by atoms with van der Waals surface area (Å²) < 4.78 is 11.7. The molecular formula is C22H27N3O2S. The quantitative estimate of drug-likeness (QED) is 0.845. The zero-order valence-corrected chi connectivity index (χ0v) is 17.6. The van der Waals surface area contributed by atoms with Crippen LogP contribution in [0.1, 0.15) is 47.3 Å². The van der Waals surface area contributed by atoms with Crippen molar-refractivity contribution < 1.29 is 9.00 Å². The maximum Gasteiger partial charge on any atom is 0.259 e. The maximum atomic E-state index is 13.1. The molecule has 0 unspecified atom stereocenters. The number of nitrogens with zero attached hydrogens (tertiary/aromatic N) is 2. The molecule has 1 saturated carbocycles. The number of anilines is 2. The topological polar surface area (TPSA) is 62.3 Å². The van der Waals surface area contributed by atoms with Crippen molar-refractivity contribution in [3.63, 3.8) is 0 Å². The van der Waals surface area contributed by atoms with E-state index in [1.165, 1.54) is 25.7 Å². The lowest BCUT2D eigenvalue weighted by atomic mass is 9.93. The van der Waals surface area contributed by atoms with Gasteiger partial charge in [-0.05, 0) is 74.8 Å². The number of aromatic nitrogens is 1. The summed E-state index contributed by atoms with van der Waals surface area (Å²) in [4.78, 5) is 20.9. The second-order valence-electron chi connectivity index (χ2n) is 8.18. The van der Waals surface area contributed by atoms with E-state index in [4.69, 9.17) is 4.98 Å². The summed E-state index contributed by atoms with van der Waals surface area (Å²) in [7, 11) is -1.09. The third kappa shape index (κ3) is 3.83. The van der Waals surface area contributed by atoms with Gasteiger partial charge in [0.25, 0.3) is 5.91 Å². The Morgan fingerprint density at radius 2 is 1.86 bits per heavy atom. The molecule has 4 rings (SSSR count). The Balaban J connectivity index is 1.61. The fraction of sp³-hybridized carbons (Fsp3) is 0.455. The first-order chi connectivity index (χ1) is 13.4. The van der Waals surface area contributed by atoms with Gasteiger partial charge in [-0.25, -0.2) is 4.98 Å². The van der Waals surface area contributed by atoms with E-state index < -0.39 is 10.8 Å². The van der Waals surface area contributed by atoms with E-state index in [1.807, 2.05) is 32.0 Å². The van der Waals surface area contributed by atoms with Crippen LogP contribution < -0.4 is 10.2 Å². The van der Waals surface area contributed by atoms with Crippen LogP contribution in [0.5, 0.6) is 0 Å². The van der Waals surface area contributed by atoms with Crippen molar-refractivity contribution in [1.29, 1.82) is 0 Å². The first-order valence-electron chi connectivity index (χ1n) is 9.85. The average molecular weight is 398 g/mol. The molecule has 1 N–H and O–H groups in total. The van der Waals surface area contributed by atoms with E-state index in [0.29, 0.717) is 21.6 Å². The molecule has 148 valence electrons. The van der Waals surface area contributed by atoms with Crippen LogP contribution in [0, 0.1) is 19.3 Å². The molecule has 2 heterocycles. The number of pyridine rings is 1. The molecule has 1 aromatic carbocycles. The van der Waals surface area contributed by atoms with Crippen molar-refractivity contribution in [2.75, 3.05) is 29.6 Å². The van der Waals surface area contributed by atoms with E-state index in [-0.39, 0.29) is 5.91 Å². The molecule has 5 nitrogen and oxygen atoms in total. The highest BCUT2D eigenvalue weighted by Gasteiger charge is 2.44. The van der Waals surface area contributed by atoms with Crippen molar-refractivity contribution in [3.8, 4) is 0 Å². The molecule has 2 aliphatic rings. The Kier molecular flexibility index (Phi) is 5.00. The van der Waals surface area contributed by atoms with Gasteiger partial charge in [0.15, 0.2) is 0 Å². The SMILES string of the molecule is Cc1cc(C(=O)Nc2cccc([S@](C)=O)c2)c(N2CCC3(CC2)CC3)nc1C. The molecule has 1 atom stereocenters. The summed E-state index contributed by atoms with van der Waals surface area (Å²) in [5.74, 6) is 0.614. The van der Waals surface area contributed by atoms with Crippen molar-refractivity contribution in [2.45, 2.75) is 44.4 Å². The monoisotopic (exact) mass is 397 g/mol. The smallest absolute Gasteiger partial charge is 0.259 e. The number of carbonyl (C=O) groups excluding carboxylic acids is 1. The number of piperidine rings is 1. The van der Waals surface area contributed by atoms with Gasteiger partial charge in [-0.1, -0.05) is 6.07 Å². The van der Waals surface area contributed by atoms with Gasteiger partial charge in [0.2, 0.25) is 0 Å². The van der Waals surface area contributed by atoms with Crippen LogP contribution in [0.4, 0.5) is 11.5 Å². The number of hydrogen-bond donors (Lipinski definition) is 1. The lowest BCUT2D eigenvalue weighted by Crippen LogP contribution is -2.36. The molecule has 0 radical (unpaired) electrons. The Morgan fingerprint density at radius 3 is 2.50 bits per heavy atom. The highest BCUT2D eigenvalue weighted by atomic mass is 32.2. The molecule has 0 bridgehead atoms. The second kappa shape index (κ2) is 7.32. The summed E-state index contributed by atoms with van der Waals surface area (Å²) >= 11 is 0. The predicted octanol–water partition coefficient (Wildman–Crippen LogP) is 4.07. The zero-order valence-electron chi connectivity index (χ0n) is 16.7. The lowest BCUT2D eigenvalue weighted by Gasteiger charge is -2.34. The van der Waals surface area contributed by atoms with Crippen LogP contribution in [0.3, 0.4) is 0 Å². The minimum absolute atomic E-state index is 0.170. The van der Waals surface area contributed by atoms with E-state index >= 15 is 0 Å². The summed E-state index contributed by atoms with van der Waals surface area (Å²) in [6, 6.07) is 9.14. The van der Waals surface area contributed by atoms with Gasteiger partial charge < -0.3 is 10.2 Å². The van der Waals surface area contributed by atoms with Crippen LogP contribution in [-0.2, 0) is 10.8 Å². The standard InChI is InChI=1S/C22H27N3O2S/c1-15-13-19(21(26)24-17-5-4-6-18(14-17)28(3)27)20(23-16(15)2)25-11-9-22(7-8-22)10-12-25/h4-6,13-14H,7-12H2,1-3H3,(H,24,26)/t28-/m0/s1. The van der Waals surface area contributed by atoms with E-state index in [1.54, 1.807) is 18.4 Å². The van der Waals surface area contributed by atoms with E-state index in [0.717, 1.165) is 30.2 Å². The Bertz CT molecular complexity index is 943. The normalized spacial score (nSPS) is 18.8. The van der Waals surface area contributed by atoms with Crippen molar-refractivity contribution in [3.05, 3.63) is 47.2 Å². The number of rotatable bonds is 4. The number of nitrogens with one attached hydrogen (secondary N) is 1. The van der Waals surface area contributed by atoms with Crippen molar-refractivity contribution in [1.82, 2.24) is 4.98 Å². The molecule has 2 fully saturated rings. The minimum atomic E-state index is -1.09. The van der Waals surface area contributed by atoms with Gasteiger partial charge in [-0.3, -0.25) is 9.00 Å². The largest absolute Gasteiger partial charge is 0.356 e. The van der Waals surface area contributed by atoms with Crippen LogP contribution in [0.25, 0.3) is 0 Å². The highest BCUT2D eigenvalue weighted by Crippen LogP contribution is 2.54. The number of carbonyl (C=O) groups is 1. The number of amides is 1. The van der Waals surface area contributed by atoms with Crippen LogP contribution in [0.15, 0.2) is 35.2 Å². The molecule has 28 heavy (non-hydrogen) atoms. The van der Waals surface area contributed by atoms with E-state index in [2.05, 4.69) is 10.2 Å². The van der Waals surface area contributed by atoms with Crippen LogP contribution in [0.2, 0.25) is 0 Å².